The van der Waals surface area contributed by atoms with Gasteiger partial charge in [0.1, 0.15) is 11.6 Å². The highest BCUT2D eigenvalue weighted by Crippen LogP contribution is 2.17. The molecule has 3 N–H and O–H groups in total. The minimum atomic E-state index is -1.39. The molecule has 0 heterocycles. The molecule has 0 aliphatic carbocycles. The number of hydrogen-bond donors (Lipinski definition) is 2. The van der Waals surface area contributed by atoms with Crippen molar-refractivity contribution in [3.05, 3.63) is 35.9 Å². The lowest BCUT2D eigenvalue weighted by atomic mass is 10.1. The molecule has 2 amide bonds. The van der Waals surface area contributed by atoms with E-state index in [0.717, 1.165) is 4.90 Å². The van der Waals surface area contributed by atoms with Crippen molar-refractivity contribution in [3.63, 3.8) is 0 Å². The average molecular weight is 322 g/mol. The van der Waals surface area contributed by atoms with Crippen molar-refractivity contribution in [3.8, 4) is 0 Å². The molecule has 23 heavy (non-hydrogen) atoms. The Bertz CT molecular complexity index is 566. The lowest BCUT2D eigenvalue weighted by Gasteiger charge is -2.31. The Balaban J connectivity index is 3.09. The van der Waals surface area contributed by atoms with E-state index in [1.165, 1.54) is 0 Å². The van der Waals surface area contributed by atoms with Crippen LogP contribution in [-0.4, -0.2) is 39.6 Å². The third-order valence-corrected chi connectivity index (χ3v) is 2.88. The normalized spacial score (nSPS) is 12.3. The van der Waals surface area contributed by atoms with Gasteiger partial charge in [-0.3, -0.25) is 9.69 Å². The quantitative estimate of drug-likeness (QED) is 0.829. The molecule has 0 saturated carbocycles. The van der Waals surface area contributed by atoms with Crippen LogP contribution in [0.3, 0.4) is 0 Å². The van der Waals surface area contributed by atoms with Crippen LogP contribution < -0.4 is 5.73 Å². The zero-order valence-corrected chi connectivity index (χ0v) is 13.5. The molecule has 0 spiro atoms. The van der Waals surface area contributed by atoms with Crippen LogP contribution in [0.1, 0.15) is 32.8 Å². The molecule has 0 bridgehead atoms. The van der Waals surface area contributed by atoms with Crippen LogP contribution in [0.5, 0.6) is 0 Å². The monoisotopic (exact) mass is 322 g/mol. The van der Waals surface area contributed by atoms with Crippen LogP contribution in [0.15, 0.2) is 30.3 Å². The third kappa shape index (κ3) is 6.37. The molecular formula is C16H22N2O5. The van der Waals surface area contributed by atoms with Gasteiger partial charge < -0.3 is 15.6 Å². The summed E-state index contributed by atoms with van der Waals surface area (Å²) < 4.78 is 5.26. The molecule has 0 radical (unpaired) electrons. The second-order valence-electron chi connectivity index (χ2n) is 6.12. The highest BCUT2D eigenvalue weighted by Gasteiger charge is 2.34. The minimum absolute atomic E-state index is 0.000000000000000222. The molecule has 0 saturated heterocycles. The van der Waals surface area contributed by atoms with Crippen molar-refractivity contribution in [2.75, 3.05) is 0 Å². The number of benzene rings is 1. The van der Waals surface area contributed by atoms with Gasteiger partial charge in [0.15, 0.2) is 0 Å². The van der Waals surface area contributed by atoms with Crippen LogP contribution in [0.25, 0.3) is 0 Å². The van der Waals surface area contributed by atoms with Crippen LogP contribution in [0.4, 0.5) is 4.79 Å². The summed E-state index contributed by atoms with van der Waals surface area (Å²) in [5, 5.41) is 9.36. The Morgan fingerprint density at radius 3 is 2.22 bits per heavy atom. The van der Waals surface area contributed by atoms with E-state index < -0.39 is 36.0 Å². The minimum Gasteiger partial charge on any atom is -0.480 e. The van der Waals surface area contributed by atoms with Crippen LogP contribution in [0, 0.1) is 0 Å². The molecule has 0 fully saturated rings. The van der Waals surface area contributed by atoms with E-state index in [9.17, 15) is 19.5 Å². The van der Waals surface area contributed by atoms with Gasteiger partial charge in [-0.25, -0.2) is 9.59 Å². The van der Waals surface area contributed by atoms with Gasteiger partial charge in [0.05, 0.1) is 6.42 Å². The number of ether oxygens (including phenoxy) is 1. The average Bonchev–Trinajstić information content (AvgIpc) is 2.41. The van der Waals surface area contributed by atoms with Crippen molar-refractivity contribution >= 4 is 18.0 Å². The number of carboxylic acids is 1. The summed E-state index contributed by atoms with van der Waals surface area (Å²) in [5.74, 6) is -2.12. The first-order valence-electron chi connectivity index (χ1n) is 7.15. The van der Waals surface area contributed by atoms with Crippen molar-refractivity contribution in [2.45, 2.75) is 45.4 Å². The highest BCUT2D eigenvalue weighted by atomic mass is 16.6. The van der Waals surface area contributed by atoms with Gasteiger partial charge in [-0.2, -0.15) is 0 Å². The maximum Gasteiger partial charge on any atom is 0.411 e. The number of hydrogen-bond acceptors (Lipinski definition) is 4. The lowest BCUT2D eigenvalue weighted by Crippen LogP contribution is -2.48. The molecule has 126 valence electrons. The number of carbonyl (C=O) groups is 3. The molecule has 7 heteroatoms. The fourth-order valence-electron chi connectivity index (χ4n) is 1.92. The van der Waals surface area contributed by atoms with Gasteiger partial charge in [-0.15, -0.1) is 0 Å². The van der Waals surface area contributed by atoms with Gasteiger partial charge in [-0.1, -0.05) is 30.3 Å². The fourth-order valence-corrected chi connectivity index (χ4v) is 1.92. The Morgan fingerprint density at radius 2 is 1.78 bits per heavy atom. The van der Waals surface area contributed by atoms with E-state index >= 15 is 0 Å². The number of nitrogens with zero attached hydrogens (tertiary/aromatic N) is 1. The molecule has 1 unspecified atom stereocenters. The standard InChI is InChI=1S/C16H22N2O5/c1-16(2,3)23-15(22)18(10-11-7-5-4-6-8-11)12(14(20)21)9-13(17)19/h4-8,12H,9-10H2,1-3H3,(H2,17,19)(H,20,21). The number of aliphatic carboxylic acids is 1. The maximum absolute atomic E-state index is 12.4. The third-order valence-electron chi connectivity index (χ3n) is 2.88. The van der Waals surface area contributed by atoms with E-state index in [1.807, 2.05) is 0 Å². The number of rotatable bonds is 6. The van der Waals surface area contributed by atoms with Gasteiger partial charge in [0.2, 0.25) is 5.91 Å². The maximum atomic E-state index is 12.4. The summed E-state index contributed by atoms with van der Waals surface area (Å²) in [6.45, 7) is 5.03. The molecule has 0 aromatic heterocycles. The van der Waals surface area contributed by atoms with Gasteiger partial charge in [-0.05, 0) is 26.3 Å². The fraction of sp³-hybridized carbons (Fsp3) is 0.438. The van der Waals surface area contributed by atoms with E-state index in [0.29, 0.717) is 5.56 Å². The Labute approximate surface area is 135 Å². The summed E-state index contributed by atoms with van der Waals surface area (Å²) in [4.78, 5) is 36.0. The molecule has 1 rings (SSSR count). The number of primary amides is 1. The topological polar surface area (TPSA) is 110 Å². The van der Waals surface area contributed by atoms with Crippen LogP contribution in [0.2, 0.25) is 0 Å². The predicted molar refractivity (Wildman–Crippen MR) is 83.5 cm³/mol. The van der Waals surface area contributed by atoms with Gasteiger partial charge in [0, 0.05) is 6.54 Å². The van der Waals surface area contributed by atoms with Crippen molar-refractivity contribution in [1.29, 1.82) is 0 Å². The SMILES string of the molecule is CC(C)(C)OC(=O)N(Cc1ccccc1)C(CC(N)=O)C(=O)O. The Morgan fingerprint density at radius 1 is 1.22 bits per heavy atom. The molecule has 7 nitrogen and oxygen atoms in total. The summed E-state index contributed by atoms with van der Waals surface area (Å²) in [5.41, 5.74) is 5.04. The molecule has 0 aliphatic rings. The first-order valence-corrected chi connectivity index (χ1v) is 7.15. The van der Waals surface area contributed by atoms with Gasteiger partial charge in [0.25, 0.3) is 0 Å². The second-order valence-corrected chi connectivity index (χ2v) is 6.12. The van der Waals surface area contributed by atoms with E-state index in [-0.39, 0.29) is 6.54 Å². The molecule has 1 atom stereocenters. The lowest BCUT2D eigenvalue weighted by molar-refractivity contribution is -0.145. The number of carboxylic acid groups (broad SMARTS) is 1. The molecule has 1 aromatic carbocycles. The molecule has 1 aromatic rings. The second kappa shape index (κ2) is 7.62. The Hall–Kier alpha value is -2.57. The molecular weight excluding hydrogens is 300 g/mol. The first kappa shape index (κ1) is 18.5. The highest BCUT2D eigenvalue weighted by molar-refractivity contribution is 5.86. The first-order chi connectivity index (χ1) is 10.6. The molecule has 0 aliphatic heterocycles. The van der Waals surface area contributed by atoms with Crippen LogP contribution >= 0.6 is 0 Å². The zero-order chi connectivity index (χ0) is 17.6. The number of carbonyl (C=O) groups excluding carboxylic acids is 2. The largest absolute Gasteiger partial charge is 0.480 e. The number of nitrogens with two attached hydrogens (primary N) is 1. The zero-order valence-electron chi connectivity index (χ0n) is 13.5. The van der Waals surface area contributed by atoms with E-state index in [4.69, 9.17) is 10.5 Å². The van der Waals surface area contributed by atoms with Crippen molar-refractivity contribution < 1.29 is 24.2 Å². The van der Waals surface area contributed by atoms with Crippen LogP contribution in [-0.2, 0) is 20.9 Å². The summed E-state index contributed by atoms with van der Waals surface area (Å²) in [6.07, 6.45) is -1.29. The smallest absolute Gasteiger partial charge is 0.411 e. The predicted octanol–water partition coefficient (Wildman–Crippen LogP) is 1.75. The van der Waals surface area contributed by atoms with Gasteiger partial charge >= 0.3 is 12.1 Å². The summed E-state index contributed by atoms with van der Waals surface area (Å²) in [7, 11) is 0. The Kier molecular flexibility index (Phi) is 6.12. The number of amides is 2. The van der Waals surface area contributed by atoms with E-state index in [2.05, 4.69) is 0 Å². The van der Waals surface area contributed by atoms with Crippen molar-refractivity contribution in [2.24, 2.45) is 5.73 Å². The summed E-state index contributed by atoms with van der Waals surface area (Å²) in [6, 6.07) is 7.46. The van der Waals surface area contributed by atoms with E-state index in [1.54, 1.807) is 51.1 Å². The van der Waals surface area contributed by atoms with Crippen molar-refractivity contribution in [1.82, 2.24) is 4.90 Å². The summed E-state index contributed by atoms with van der Waals surface area (Å²) >= 11 is 0.